The van der Waals surface area contributed by atoms with E-state index in [0.717, 1.165) is 13.0 Å². The molecule has 1 aliphatic heterocycles. The van der Waals surface area contributed by atoms with Crippen molar-refractivity contribution in [3.63, 3.8) is 0 Å². The summed E-state index contributed by atoms with van der Waals surface area (Å²) >= 11 is 0. The summed E-state index contributed by atoms with van der Waals surface area (Å²) in [7, 11) is 0. The van der Waals surface area contributed by atoms with Crippen molar-refractivity contribution in [1.29, 1.82) is 0 Å². The van der Waals surface area contributed by atoms with Crippen molar-refractivity contribution in [2.24, 2.45) is 0 Å². The fourth-order valence-electron chi connectivity index (χ4n) is 1.35. The average Bonchev–Trinajstić information content (AvgIpc) is 2.37. The minimum absolute atomic E-state index is 0.0162. The van der Waals surface area contributed by atoms with Gasteiger partial charge in [-0.3, -0.25) is 4.79 Å². The van der Waals surface area contributed by atoms with Gasteiger partial charge in [-0.15, -0.1) is 0 Å². The highest BCUT2D eigenvalue weighted by atomic mass is 16.3. The normalized spacial score (nSPS) is 30.7. The minimum atomic E-state index is -0.314. The maximum absolute atomic E-state index is 11.0. The van der Waals surface area contributed by atoms with Crippen LogP contribution in [0.4, 0.5) is 0 Å². The molecule has 1 fully saturated rings. The van der Waals surface area contributed by atoms with E-state index in [1.807, 2.05) is 6.92 Å². The molecule has 64 valence electrons. The summed E-state index contributed by atoms with van der Waals surface area (Å²) in [6, 6.07) is 0.0162. The zero-order valence-corrected chi connectivity index (χ0v) is 6.84. The number of ketones is 1. The van der Waals surface area contributed by atoms with Crippen LogP contribution in [0.25, 0.3) is 0 Å². The van der Waals surface area contributed by atoms with Crippen molar-refractivity contribution in [2.45, 2.75) is 38.3 Å². The lowest BCUT2D eigenvalue weighted by Crippen LogP contribution is -2.32. The Labute approximate surface area is 66.8 Å². The van der Waals surface area contributed by atoms with Crippen molar-refractivity contribution in [3.8, 4) is 0 Å². The second-order valence-corrected chi connectivity index (χ2v) is 3.01. The quantitative estimate of drug-likeness (QED) is 0.610. The molecule has 3 heteroatoms. The highest BCUT2D eigenvalue weighted by Gasteiger charge is 2.25. The fraction of sp³-hybridized carbons (Fsp3) is 0.875. The van der Waals surface area contributed by atoms with Gasteiger partial charge >= 0.3 is 0 Å². The van der Waals surface area contributed by atoms with E-state index >= 15 is 0 Å². The Morgan fingerprint density at radius 1 is 1.73 bits per heavy atom. The molecule has 0 aromatic heterocycles. The molecule has 2 N–H and O–H groups in total. The maximum Gasteiger partial charge on any atom is 0.134 e. The summed E-state index contributed by atoms with van der Waals surface area (Å²) in [5.74, 6) is 0.225. The van der Waals surface area contributed by atoms with E-state index in [-0.39, 0.29) is 17.9 Å². The maximum atomic E-state index is 11.0. The molecule has 3 nitrogen and oxygen atoms in total. The molecule has 1 saturated heterocycles. The highest BCUT2D eigenvalue weighted by Crippen LogP contribution is 2.10. The standard InChI is InChI=1S/C8H15NO2/c1-2-6(10)5-7-8(11)3-4-9-7/h7-9,11H,2-5H2,1H3. The van der Waals surface area contributed by atoms with Crippen LogP contribution < -0.4 is 5.32 Å². The Morgan fingerprint density at radius 2 is 2.45 bits per heavy atom. The molecule has 0 amide bonds. The summed E-state index contributed by atoms with van der Waals surface area (Å²) < 4.78 is 0. The summed E-state index contributed by atoms with van der Waals surface area (Å²) in [6.45, 7) is 2.69. The van der Waals surface area contributed by atoms with Crippen molar-refractivity contribution < 1.29 is 9.90 Å². The molecule has 2 atom stereocenters. The Bertz CT molecular complexity index is 147. The van der Waals surface area contributed by atoms with Gasteiger partial charge in [0.15, 0.2) is 0 Å². The van der Waals surface area contributed by atoms with Gasteiger partial charge in [-0.25, -0.2) is 0 Å². The first-order chi connectivity index (χ1) is 5.24. The zero-order chi connectivity index (χ0) is 8.27. The first-order valence-corrected chi connectivity index (χ1v) is 4.17. The second-order valence-electron chi connectivity index (χ2n) is 3.01. The molecule has 1 aliphatic rings. The second kappa shape index (κ2) is 3.83. The largest absolute Gasteiger partial charge is 0.391 e. The molecule has 0 bridgehead atoms. The number of carbonyl (C=O) groups is 1. The van der Waals surface area contributed by atoms with E-state index in [2.05, 4.69) is 5.32 Å². The van der Waals surface area contributed by atoms with Gasteiger partial charge in [-0.05, 0) is 13.0 Å². The number of carbonyl (C=O) groups excluding carboxylic acids is 1. The summed E-state index contributed by atoms with van der Waals surface area (Å²) in [5, 5.41) is 12.4. The Morgan fingerprint density at radius 3 is 2.91 bits per heavy atom. The number of aliphatic hydroxyl groups excluding tert-OH is 1. The average molecular weight is 157 g/mol. The highest BCUT2D eigenvalue weighted by molar-refractivity contribution is 5.78. The molecule has 11 heavy (non-hydrogen) atoms. The fourth-order valence-corrected chi connectivity index (χ4v) is 1.35. The van der Waals surface area contributed by atoms with Crippen LogP contribution >= 0.6 is 0 Å². The van der Waals surface area contributed by atoms with Gasteiger partial charge in [-0.2, -0.15) is 0 Å². The first kappa shape index (κ1) is 8.68. The topological polar surface area (TPSA) is 49.3 Å². The van der Waals surface area contributed by atoms with E-state index in [9.17, 15) is 9.90 Å². The van der Waals surface area contributed by atoms with Gasteiger partial charge in [0, 0.05) is 18.9 Å². The number of hydrogen-bond donors (Lipinski definition) is 2. The van der Waals surface area contributed by atoms with Gasteiger partial charge < -0.3 is 10.4 Å². The molecule has 2 unspecified atom stereocenters. The monoisotopic (exact) mass is 157 g/mol. The molecule has 1 heterocycles. The van der Waals surface area contributed by atoms with Crippen molar-refractivity contribution >= 4 is 5.78 Å². The minimum Gasteiger partial charge on any atom is -0.391 e. The van der Waals surface area contributed by atoms with Crippen LogP contribution in [0.1, 0.15) is 26.2 Å². The third-order valence-electron chi connectivity index (χ3n) is 2.15. The van der Waals surface area contributed by atoms with Gasteiger partial charge in [0.05, 0.1) is 6.10 Å². The number of hydrogen-bond acceptors (Lipinski definition) is 3. The lowest BCUT2D eigenvalue weighted by Gasteiger charge is -2.12. The van der Waals surface area contributed by atoms with E-state index in [1.165, 1.54) is 0 Å². The van der Waals surface area contributed by atoms with Crippen LogP contribution in [0.3, 0.4) is 0 Å². The molecular formula is C8H15NO2. The molecule has 0 aliphatic carbocycles. The van der Waals surface area contributed by atoms with Crippen LogP contribution in [-0.4, -0.2) is 29.6 Å². The van der Waals surface area contributed by atoms with E-state index < -0.39 is 0 Å². The van der Waals surface area contributed by atoms with Crippen molar-refractivity contribution in [3.05, 3.63) is 0 Å². The molecule has 1 rings (SSSR count). The third kappa shape index (κ3) is 2.27. The van der Waals surface area contributed by atoms with Crippen molar-refractivity contribution in [1.82, 2.24) is 5.32 Å². The summed E-state index contributed by atoms with van der Waals surface area (Å²) in [6.07, 6.45) is 1.52. The van der Waals surface area contributed by atoms with Gasteiger partial charge in [0.25, 0.3) is 0 Å². The third-order valence-corrected chi connectivity index (χ3v) is 2.15. The first-order valence-electron chi connectivity index (χ1n) is 4.17. The molecule has 0 spiro atoms. The predicted octanol–water partition coefficient (Wildman–Crippen LogP) is 0.0784. The van der Waals surface area contributed by atoms with E-state index in [0.29, 0.717) is 12.8 Å². The number of nitrogens with one attached hydrogen (secondary N) is 1. The lowest BCUT2D eigenvalue weighted by atomic mass is 10.1. The number of rotatable bonds is 3. The van der Waals surface area contributed by atoms with E-state index in [4.69, 9.17) is 0 Å². The Balaban J connectivity index is 2.30. The summed E-state index contributed by atoms with van der Waals surface area (Å²) in [5.41, 5.74) is 0. The van der Waals surface area contributed by atoms with Gasteiger partial charge in [-0.1, -0.05) is 6.92 Å². The number of aliphatic hydroxyl groups is 1. The van der Waals surface area contributed by atoms with Crippen LogP contribution in [0, 0.1) is 0 Å². The van der Waals surface area contributed by atoms with Crippen LogP contribution in [0.2, 0.25) is 0 Å². The SMILES string of the molecule is CCC(=O)CC1NCCC1O. The molecular weight excluding hydrogens is 142 g/mol. The molecule has 0 radical (unpaired) electrons. The molecule has 0 aromatic rings. The smallest absolute Gasteiger partial charge is 0.134 e. The molecule has 0 aromatic carbocycles. The van der Waals surface area contributed by atoms with Crippen LogP contribution in [0.15, 0.2) is 0 Å². The number of Topliss-reactive ketones (excluding diaryl/α,β-unsaturated/α-hetero) is 1. The Hall–Kier alpha value is -0.410. The van der Waals surface area contributed by atoms with E-state index in [1.54, 1.807) is 0 Å². The van der Waals surface area contributed by atoms with Crippen LogP contribution in [-0.2, 0) is 4.79 Å². The Kier molecular flexibility index (Phi) is 3.02. The van der Waals surface area contributed by atoms with Crippen molar-refractivity contribution in [2.75, 3.05) is 6.54 Å². The van der Waals surface area contributed by atoms with Crippen LogP contribution in [0.5, 0.6) is 0 Å². The van der Waals surface area contributed by atoms with Gasteiger partial charge in [0.2, 0.25) is 0 Å². The lowest BCUT2D eigenvalue weighted by molar-refractivity contribution is -0.119. The zero-order valence-electron chi connectivity index (χ0n) is 6.84. The summed E-state index contributed by atoms with van der Waals surface area (Å²) in [4.78, 5) is 11.0. The molecule has 0 saturated carbocycles. The predicted molar refractivity (Wildman–Crippen MR) is 42.3 cm³/mol. The van der Waals surface area contributed by atoms with Gasteiger partial charge in [0.1, 0.15) is 5.78 Å².